The van der Waals surface area contributed by atoms with Crippen molar-refractivity contribution in [1.82, 2.24) is 24.2 Å². The molecule has 3 heterocycles. The quantitative estimate of drug-likeness (QED) is 0.717. The van der Waals surface area contributed by atoms with Crippen LogP contribution in [0.5, 0.6) is 0 Å². The molecule has 2 aromatic rings. The largest absolute Gasteiger partial charge is 0.408 e. The minimum atomic E-state index is -4.54. The maximum absolute atomic E-state index is 14.6. The van der Waals surface area contributed by atoms with Gasteiger partial charge in [0.1, 0.15) is 18.2 Å². The molecule has 1 aliphatic heterocycles. The van der Waals surface area contributed by atoms with Crippen LogP contribution in [0.4, 0.5) is 22.0 Å². The van der Waals surface area contributed by atoms with Crippen molar-refractivity contribution in [3.8, 4) is 11.5 Å². The first-order valence-corrected chi connectivity index (χ1v) is 9.94. The van der Waals surface area contributed by atoms with Gasteiger partial charge in [0.25, 0.3) is 16.1 Å². The van der Waals surface area contributed by atoms with Gasteiger partial charge in [-0.15, -0.1) is 0 Å². The van der Waals surface area contributed by atoms with Gasteiger partial charge < -0.3 is 4.52 Å². The Labute approximate surface area is 160 Å². The van der Waals surface area contributed by atoms with E-state index in [0.717, 1.165) is 10.5 Å². The Bertz CT molecular complexity index is 1020. The van der Waals surface area contributed by atoms with Crippen LogP contribution in [0.1, 0.15) is 24.7 Å². The SMILES string of the molecule is NS(=O)(=O)N1CCC2(CC1)[C@H](c1nc(-c3ccnn3CC(F)(F)F)no1)C2(F)F. The average Bonchev–Trinajstić information content (AvgIpc) is 3.03. The predicted molar refractivity (Wildman–Crippen MR) is 85.6 cm³/mol. The number of alkyl halides is 5. The molecule has 0 amide bonds. The Morgan fingerprint density at radius 2 is 1.93 bits per heavy atom. The van der Waals surface area contributed by atoms with Gasteiger partial charge in [0.2, 0.25) is 11.7 Å². The van der Waals surface area contributed by atoms with Crippen molar-refractivity contribution < 1.29 is 34.9 Å². The van der Waals surface area contributed by atoms with Crippen LogP contribution in [-0.2, 0) is 16.8 Å². The summed E-state index contributed by atoms with van der Waals surface area (Å²) in [5.74, 6) is -5.36. The van der Waals surface area contributed by atoms with Crippen molar-refractivity contribution >= 4 is 10.2 Å². The normalized spacial score (nSPS) is 24.1. The van der Waals surface area contributed by atoms with Crippen molar-refractivity contribution in [2.24, 2.45) is 10.6 Å². The summed E-state index contributed by atoms with van der Waals surface area (Å²) in [7, 11) is -3.98. The van der Waals surface area contributed by atoms with Crippen molar-refractivity contribution in [3.63, 3.8) is 0 Å². The van der Waals surface area contributed by atoms with E-state index in [2.05, 4.69) is 15.2 Å². The number of hydrogen-bond acceptors (Lipinski definition) is 6. The minimum Gasteiger partial charge on any atom is -0.338 e. The predicted octanol–water partition coefficient (Wildman–Crippen LogP) is 1.51. The molecule has 160 valence electrons. The van der Waals surface area contributed by atoms with E-state index in [-0.39, 0.29) is 37.4 Å². The van der Waals surface area contributed by atoms with Crippen LogP contribution in [-0.4, -0.2) is 57.8 Å². The molecule has 1 saturated carbocycles. The summed E-state index contributed by atoms with van der Waals surface area (Å²) < 4.78 is 96.3. The molecule has 2 fully saturated rings. The van der Waals surface area contributed by atoms with Crippen LogP contribution in [0, 0.1) is 5.41 Å². The molecule has 1 aliphatic carbocycles. The molecule has 2 N–H and O–H groups in total. The molecule has 0 unspecified atom stereocenters. The van der Waals surface area contributed by atoms with Crippen LogP contribution in [0.15, 0.2) is 16.8 Å². The molecule has 15 heteroatoms. The van der Waals surface area contributed by atoms with Gasteiger partial charge in [-0.1, -0.05) is 5.16 Å². The highest BCUT2D eigenvalue weighted by Gasteiger charge is 2.82. The van der Waals surface area contributed by atoms with E-state index in [1.54, 1.807) is 0 Å². The lowest BCUT2D eigenvalue weighted by molar-refractivity contribution is -0.142. The van der Waals surface area contributed by atoms with Crippen LogP contribution in [0.2, 0.25) is 0 Å². The van der Waals surface area contributed by atoms with Crippen LogP contribution >= 0.6 is 0 Å². The maximum Gasteiger partial charge on any atom is 0.408 e. The first-order chi connectivity index (χ1) is 13.4. The molecule has 2 aliphatic rings. The molecular weight excluding hydrogens is 427 g/mol. The molecule has 2 aromatic heterocycles. The number of rotatable bonds is 4. The number of aromatic nitrogens is 4. The van der Waals surface area contributed by atoms with Gasteiger partial charge in [0.15, 0.2) is 0 Å². The Kier molecular flexibility index (Phi) is 4.30. The second-order valence-electron chi connectivity index (χ2n) is 7.10. The van der Waals surface area contributed by atoms with Gasteiger partial charge >= 0.3 is 6.18 Å². The number of hydrogen-bond donors (Lipinski definition) is 1. The van der Waals surface area contributed by atoms with E-state index < -0.39 is 46.1 Å². The van der Waals surface area contributed by atoms with E-state index in [4.69, 9.17) is 9.66 Å². The van der Waals surface area contributed by atoms with Gasteiger partial charge in [-0.3, -0.25) is 4.68 Å². The van der Waals surface area contributed by atoms with Gasteiger partial charge in [-0.2, -0.15) is 36.0 Å². The van der Waals surface area contributed by atoms with Gasteiger partial charge in [-0.05, 0) is 18.9 Å². The molecule has 1 spiro atoms. The molecular formula is C14H15F5N6O3S. The fourth-order valence-electron chi connectivity index (χ4n) is 3.94. The van der Waals surface area contributed by atoms with Gasteiger partial charge in [0.05, 0.1) is 5.41 Å². The van der Waals surface area contributed by atoms with E-state index >= 15 is 0 Å². The summed E-state index contributed by atoms with van der Waals surface area (Å²) in [5, 5.41) is 12.1. The molecule has 29 heavy (non-hydrogen) atoms. The lowest BCUT2D eigenvalue weighted by Gasteiger charge is -2.30. The molecule has 0 aromatic carbocycles. The monoisotopic (exact) mass is 442 g/mol. The van der Waals surface area contributed by atoms with Gasteiger partial charge in [-0.25, -0.2) is 13.9 Å². The van der Waals surface area contributed by atoms with E-state index in [9.17, 15) is 30.4 Å². The van der Waals surface area contributed by atoms with Crippen molar-refractivity contribution in [3.05, 3.63) is 18.2 Å². The highest BCUT2D eigenvalue weighted by molar-refractivity contribution is 7.86. The topological polar surface area (TPSA) is 120 Å². The first-order valence-electron chi connectivity index (χ1n) is 8.43. The average molecular weight is 442 g/mol. The van der Waals surface area contributed by atoms with Crippen LogP contribution in [0.25, 0.3) is 11.5 Å². The van der Waals surface area contributed by atoms with E-state index in [1.165, 1.54) is 6.07 Å². The lowest BCUT2D eigenvalue weighted by Crippen LogP contribution is -2.43. The fraction of sp³-hybridized carbons (Fsp3) is 0.643. The second-order valence-corrected chi connectivity index (χ2v) is 8.65. The summed E-state index contributed by atoms with van der Waals surface area (Å²) in [6, 6.07) is 1.21. The minimum absolute atomic E-state index is 0.126. The Morgan fingerprint density at radius 1 is 1.28 bits per heavy atom. The van der Waals surface area contributed by atoms with Crippen molar-refractivity contribution in [2.45, 2.75) is 37.4 Å². The van der Waals surface area contributed by atoms with Crippen LogP contribution < -0.4 is 5.14 Å². The summed E-state index contributed by atoms with van der Waals surface area (Å²) in [4.78, 5) is 3.88. The third-order valence-corrected chi connectivity index (χ3v) is 6.52. The maximum atomic E-state index is 14.6. The summed E-state index contributed by atoms with van der Waals surface area (Å²) in [5.41, 5.74) is -1.68. The van der Waals surface area contributed by atoms with Crippen molar-refractivity contribution in [2.75, 3.05) is 13.1 Å². The second kappa shape index (κ2) is 6.18. The number of piperidine rings is 1. The van der Waals surface area contributed by atoms with Crippen LogP contribution in [0.3, 0.4) is 0 Å². The molecule has 0 bridgehead atoms. The van der Waals surface area contributed by atoms with Crippen molar-refractivity contribution in [1.29, 1.82) is 0 Å². The summed E-state index contributed by atoms with van der Waals surface area (Å²) >= 11 is 0. The third-order valence-electron chi connectivity index (χ3n) is 5.43. The zero-order chi connectivity index (χ0) is 21.2. The standard InChI is InChI=1S/C14H15F5N6O3S/c15-13(16,17)7-25-8(1-4-21-25)10-22-11(28-23-10)9-12(14(9,18)19)2-5-24(6-3-12)29(20,26)27/h1,4,9H,2-3,5-7H2,(H2,20,26,27)/t9-/m0/s1. The molecule has 9 nitrogen and oxygen atoms in total. The number of nitrogens with two attached hydrogens (primary N) is 1. The zero-order valence-corrected chi connectivity index (χ0v) is 15.4. The number of nitrogens with zero attached hydrogens (tertiary/aromatic N) is 5. The zero-order valence-electron chi connectivity index (χ0n) is 14.6. The fourth-order valence-corrected chi connectivity index (χ4v) is 4.63. The molecule has 4 rings (SSSR count). The first kappa shape index (κ1) is 20.2. The lowest BCUT2D eigenvalue weighted by atomic mass is 9.91. The smallest absolute Gasteiger partial charge is 0.338 e. The highest BCUT2D eigenvalue weighted by atomic mass is 32.2. The Hall–Kier alpha value is -2.13. The highest BCUT2D eigenvalue weighted by Crippen LogP contribution is 2.75. The summed E-state index contributed by atoms with van der Waals surface area (Å²) in [6.07, 6.45) is -3.76. The van der Waals surface area contributed by atoms with Gasteiger partial charge in [0, 0.05) is 19.3 Å². The molecule has 1 saturated heterocycles. The third kappa shape index (κ3) is 3.30. The van der Waals surface area contributed by atoms with E-state index in [0.29, 0.717) is 4.68 Å². The Morgan fingerprint density at radius 3 is 2.52 bits per heavy atom. The summed E-state index contributed by atoms with van der Waals surface area (Å²) in [6.45, 7) is -1.75. The molecule has 0 radical (unpaired) electrons. The molecule has 1 atom stereocenters. The number of halogens is 5. The van der Waals surface area contributed by atoms with E-state index in [1.807, 2.05) is 0 Å². The Balaban J connectivity index is 1.56.